The van der Waals surface area contributed by atoms with Crippen LogP contribution in [0.3, 0.4) is 0 Å². The highest BCUT2D eigenvalue weighted by Crippen LogP contribution is 2.23. The van der Waals surface area contributed by atoms with Gasteiger partial charge in [-0.1, -0.05) is 30.3 Å². The maximum absolute atomic E-state index is 11.4. The summed E-state index contributed by atoms with van der Waals surface area (Å²) >= 11 is 0. The number of amides is 1. The Morgan fingerprint density at radius 2 is 2.12 bits per heavy atom. The minimum Gasteiger partial charge on any atom is -0.372 e. The monoisotopic (exact) mass is 229 g/mol. The number of rotatable bonds is 1. The summed E-state index contributed by atoms with van der Waals surface area (Å²) in [6.07, 6.45) is 5.97. The molecule has 1 fully saturated rings. The van der Waals surface area contributed by atoms with E-state index in [1.807, 2.05) is 30.3 Å². The van der Waals surface area contributed by atoms with Crippen LogP contribution in [0.5, 0.6) is 0 Å². The molecule has 0 aromatic heterocycles. The van der Waals surface area contributed by atoms with Crippen LogP contribution >= 0.6 is 0 Å². The maximum Gasteiger partial charge on any atom is 0.298 e. The summed E-state index contributed by atoms with van der Waals surface area (Å²) in [5.74, 6) is 1.90. The Labute approximate surface area is 101 Å². The lowest BCUT2D eigenvalue weighted by Crippen LogP contribution is -2.31. The van der Waals surface area contributed by atoms with Crippen molar-refractivity contribution in [2.24, 2.45) is 0 Å². The highest BCUT2D eigenvalue weighted by atomic mass is 16.5. The lowest BCUT2D eigenvalue weighted by Gasteiger charge is -2.16. The van der Waals surface area contributed by atoms with Crippen LogP contribution in [0.1, 0.15) is 18.1 Å². The number of hydrogen-bond donors (Lipinski definition) is 0. The van der Waals surface area contributed by atoms with Crippen molar-refractivity contribution >= 4 is 5.91 Å². The topological polar surface area (TPSA) is 29.5 Å². The minimum absolute atomic E-state index is 0.0618. The molecule has 0 spiro atoms. The normalized spacial score (nSPS) is 20.4. The molecule has 88 valence electrons. The molecule has 0 radical (unpaired) electrons. The summed E-state index contributed by atoms with van der Waals surface area (Å²) in [6.45, 7) is 1.77. The average molecular weight is 229 g/mol. The first-order valence-electron chi connectivity index (χ1n) is 5.73. The van der Waals surface area contributed by atoms with Crippen LogP contribution in [0.25, 0.3) is 0 Å². The molecule has 0 N–H and O–H groups in total. The van der Waals surface area contributed by atoms with Crippen LogP contribution in [0.4, 0.5) is 0 Å². The number of carbonyl (C=O) groups is 1. The highest BCUT2D eigenvalue weighted by molar-refractivity contribution is 5.92. The SMILES string of the molecule is C#CC(=O)N1CCOC(c2ccccc2)CC1. The van der Waals surface area contributed by atoms with Crippen LogP contribution in [-0.2, 0) is 9.53 Å². The Balaban J connectivity index is 2.02. The van der Waals surface area contributed by atoms with E-state index in [1.54, 1.807) is 4.90 Å². The molecule has 1 unspecified atom stereocenters. The molecule has 3 nitrogen and oxygen atoms in total. The van der Waals surface area contributed by atoms with Crippen molar-refractivity contribution in [3.63, 3.8) is 0 Å². The van der Waals surface area contributed by atoms with Crippen molar-refractivity contribution in [3.05, 3.63) is 35.9 Å². The number of ether oxygens (including phenoxy) is 1. The van der Waals surface area contributed by atoms with Gasteiger partial charge in [-0.05, 0) is 17.9 Å². The second-order valence-corrected chi connectivity index (χ2v) is 4.00. The molecule has 1 saturated heterocycles. The van der Waals surface area contributed by atoms with Crippen molar-refractivity contribution in [3.8, 4) is 12.3 Å². The van der Waals surface area contributed by atoms with Gasteiger partial charge in [-0.15, -0.1) is 6.42 Å². The predicted octanol–water partition coefficient (Wildman–Crippen LogP) is 1.61. The second-order valence-electron chi connectivity index (χ2n) is 4.00. The van der Waals surface area contributed by atoms with E-state index in [1.165, 1.54) is 0 Å². The Kier molecular flexibility index (Phi) is 3.79. The van der Waals surface area contributed by atoms with Gasteiger partial charge in [0.25, 0.3) is 5.91 Å². The molecule has 1 aromatic carbocycles. The number of hydrogen-bond acceptors (Lipinski definition) is 2. The van der Waals surface area contributed by atoms with Gasteiger partial charge in [0.2, 0.25) is 0 Å². The highest BCUT2D eigenvalue weighted by Gasteiger charge is 2.20. The molecule has 0 aliphatic carbocycles. The smallest absolute Gasteiger partial charge is 0.298 e. The summed E-state index contributed by atoms with van der Waals surface area (Å²) in [7, 11) is 0. The van der Waals surface area contributed by atoms with Gasteiger partial charge in [0.05, 0.1) is 12.7 Å². The summed E-state index contributed by atoms with van der Waals surface area (Å²) in [4.78, 5) is 13.1. The Morgan fingerprint density at radius 3 is 2.82 bits per heavy atom. The van der Waals surface area contributed by atoms with Crippen molar-refractivity contribution in [1.29, 1.82) is 0 Å². The summed E-state index contributed by atoms with van der Waals surface area (Å²) in [6, 6.07) is 10.1. The van der Waals surface area contributed by atoms with E-state index in [0.29, 0.717) is 19.7 Å². The fourth-order valence-corrected chi connectivity index (χ4v) is 2.00. The van der Waals surface area contributed by atoms with E-state index >= 15 is 0 Å². The van der Waals surface area contributed by atoms with Crippen LogP contribution in [-0.4, -0.2) is 30.5 Å². The van der Waals surface area contributed by atoms with Gasteiger partial charge in [-0.25, -0.2) is 0 Å². The lowest BCUT2D eigenvalue weighted by molar-refractivity contribution is -0.125. The first-order chi connectivity index (χ1) is 8.31. The summed E-state index contributed by atoms with van der Waals surface area (Å²) in [5, 5.41) is 0. The fourth-order valence-electron chi connectivity index (χ4n) is 2.00. The lowest BCUT2D eigenvalue weighted by atomic mass is 10.1. The van der Waals surface area contributed by atoms with E-state index in [9.17, 15) is 4.79 Å². The second kappa shape index (κ2) is 5.51. The molecule has 17 heavy (non-hydrogen) atoms. The molecular formula is C14H15NO2. The third-order valence-electron chi connectivity index (χ3n) is 2.92. The van der Waals surface area contributed by atoms with Crippen molar-refractivity contribution in [2.45, 2.75) is 12.5 Å². The molecule has 1 heterocycles. The van der Waals surface area contributed by atoms with Gasteiger partial charge in [0.15, 0.2) is 0 Å². The zero-order valence-electron chi connectivity index (χ0n) is 9.63. The Morgan fingerprint density at radius 1 is 1.35 bits per heavy atom. The zero-order chi connectivity index (χ0) is 12.1. The molecule has 1 amide bonds. The van der Waals surface area contributed by atoms with Crippen LogP contribution in [0, 0.1) is 12.3 Å². The van der Waals surface area contributed by atoms with Gasteiger partial charge < -0.3 is 9.64 Å². The fraction of sp³-hybridized carbons (Fsp3) is 0.357. The van der Waals surface area contributed by atoms with E-state index in [-0.39, 0.29) is 12.0 Å². The Hall–Kier alpha value is -1.79. The third kappa shape index (κ3) is 2.86. The maximum atomic E-state index is 11.4. The first-order valence-corrected chi connectivity index (χ1v) is 5.73. The van der Waals surface area contributed by atoms with E-state index in [0.717, 1.165) is 12.0 Å². The molecular weight excluding hydrogens is 214 g/mol. The van der Waals surface area contributed by atoms with Gasteiger partial charge >= 0.3 is 0 Å². The van der Waals surface area contributed by atoms with Crippen LogP contribution < -0.4 is 0 Å². The summed E-state index contributed by atoms with van der Waals surface area (Å²) in [5.41, 5.74) is 1.16. The number of benzene rings is 1. The predicted molar refractivity (Wildman–Crippen MR) is 65.2 cm³/mol. The van der Waals surface area contributed by atoms with E-state index in [4.69, 9.17) is 11.2 Å². The third-order valence-corrected chi connectivity index (χ3v) is 2.92. The van der Waals surface area contributed by atoms with Crippen LogP contribution in [0.2, 0.25) is 0 Å². The minimum atomic E-state index is -0.248. The van der Waals surface area contributed by atoms with Crippen LogP contribution in [0.15, 0.2) is 30.3 Å². The number of nitrogens with zero attached hydrogens (tertiary/aromatic N) is 1. The standard InChI is InChI=1S/C14H15NO2/c1-2-14(16)15-9-8-13(17-11-10-15)12-6-4-3-5-7-12/h1,3-7,13H,8-11H2. The molecule has 0 saturated carbocycles. The molecule has 2 rings (SSSR count). The average Bonchev–Trinajstić information content (AvgIpc) is 2.64. The van der Waals surface area contributed by atoms with Crippen molar-refractivity contribution < 1.29 is 9.53 Å². The zero-order valence-corrected chi connectivity index (χ0v) is 9.63. The quantitative estimate of drug-likeness (QED) is 0.685. The molecule has 3 heteroatoms. The van der Waals surface area contributed by atoms with E-state index in [2.05, 4.69) is 5.92 Å². The molecule has 1 aliphatic rings. The number of carbonyl (C=O) groups excluding carboxylic acids is 1. The van der Waals surface area contributed by atoms with Gasteiger partial charge in [0.1, 0.15) is 0 Å². The largest absolute Gasteiger partial charge is 0.372 e. The molecule has 1 aromatic rings. The van der Waals surface area contributed by atoms with Gasteiger partial charge in [0, 0.05) is 13.1 Å². The molecule has 1 atom stereocenters. The summed E-state index contributed by atoms with van der Waals surface area (Å²) < 4.78 is 5.75. The molecule has 0 bridgehead atoms. The Bertz CT molecular complexity index is 422. The first kappa shape index (κ1) is 11.7. The van der Waals surface area contributed by atoms with Gasteiger partial charge in [-0.2, -0.15) is 0 Å². The van der Waals surface area contributed by atoms with E-state index < -0.39 is 0 Å². The van der Waals surface area contributed by atoms with Crippen molar-refractivity contribution in [1.82, 2.24) is 4.90 Å². The van der Waals surface area contributed by atoms with Gasteiger partial charge in [-0.3, -0.25) is 4.79 Å². The van der Waals surface area contributed by atoms with Crippen molar-refractivity contribution in [2.75, 3.05) is 19.7 Å². The molecule has 1 aliphatic heterocycles. The number of terminal acetylenes is 1.